The lowest BCUT2D eigenvalue weighted by molar-refractivity contribution is 0.0753. The zero-order valence-electron chi connectivity index (χ0n) is 10.2. The van der Waals surface area contributed by atoms with Crippen molar-refractivity contribution in [2.45, 2.75) is 43.2 Å². The van der Waals surface area contributed by atoms with Crippen molar-refractivity contribution >= 4 is 12.7 Å². The summed E-state index contributed by atoms with van der Waals surface area (Å²) in [7, 11) is 0. The smallest absolute Gasteiger partial charge is 0.308 e. The zero-order valence-corrected chi connectivity index (χ0v) is 10.2. The second-order valence-electron chi connectivity index (χ2n) is 5.71. The van der Waals surface area contributed by atoms with Gasteiger partial charge in [0.1, 0.15) is 6.61 Å². The maximum absolute atomic E-state index is 7.42. The Bertz CT molecular complexity index is 399. The summed E-state index contributed by atoms with van der Waals surface area (Å²) in [6.07, 6.45) is 6.09. The normalized spacial score (nSPS) is 33.8. The first-order valence-corrected chi connectivity index (χ1v) is 6.23. The number of nitrogens with one attached hydrogen (secondary N) is 1. The molecular formula is C13H19N3O. The molecule has 1 saturated carbocycles. The molecule has 2 aliphatic heterocycles. The van der Waals surface area contributed by atoms with Gasteiger partial charge < -0.3 is 4.74 Å². The van der Waals surface area contributed by atoms with E-state index in [1.165, 1.54) is 24.8 Å². The van der Waals surface area contributed by atoms with Gasteiger partial charge in [-0.3, -0.25) is 4.90 Å². The molecular weight excluding hydrogens is 214 g/mol. The number of fused-ring (bicyclic) bond motifs is 2. The molecule has 1 spiro atoms. The summed E-state index contributed by atoms with van der Waals surface area (Å²) < 4.78 is 5.42. The van der Waals surface area contributed by atoms with E-state index in [-0.39, 0.29) is 11.6 Å². The van der Waals surface area contributed by atoms with Gasteiger partial charge in [-0.05, 0) is 38.8 Å². The van der Waals surface area contributed by atoms with Crippen molar-refractivity contribution in [3.8, 4) is 0 Å². The molecule has 3 aliphatic rings. The topological polar surface area (TPSA) is 48.7 Å². The van der Waals surface area contributed by atoms with Crippen molar-refractivity contribution < 1.29 is 4.74 Å². The van der Waals surface area contributed by atoms with E-state index < -0.39 is 0 Å². The molecule has 4 heteroatoms. The summed E-state index contributed by atoms with van der Waals surface area (Å²) in [5, 5.41) is 7.42. The number of rotatable bonds is 2. The molecule has 1 atom stereocenters. The molecule has 17 heavy (non-hydrogen) atoms. The Morgan fingerprint density at radius 2 is 2.12 bits per heavy atom. The highest BCUT2D eigenvalue weighted by molar-refractivity contribution is 5.75. The summed E-state index contributed by atoms with van der Waals surface area (Å²) in [5.41, 5.74) is 1.84. The van der Waals surface area contributed by atoms with Crippen molar-refractivity contribution in [3.63, 3.8) is 0 Å². The Morgan fingerprint density at radius 1 is 1.41 bits per heavy atom. The molecule has 2 heterocycles. The summed E-state index contributed by atoms with van der Waals surface area (Å²) in [5.74, 6) is 0. The van der Waals surface area contributed by atoms with E-state index >= 15 is 0 Å². The molecule has 0 aromatic carbocycles. The van der Waals surface area contributed by atoms with E-state index in [9.17, 15) is 0 Å². The largest absolute Gasteiger partial charge is 0.462 e. The third-order valence-corrected chi connectivity index (χ3v) is 4.61. The minimum Gasteiger partial charge on any atom is -0.462 e. The van der Waals surface area contributed by atoms with E-state index in [0.717, 1.165) is 19.4 Å². The fraction of sp³-hybridized carbons (Fsp3) is 0.692. The average molecular weight is 233 g/mol. The molecule has 1 N–H and O–H groups in total. The Hall–Kier alpha value is -1.16. The lowest BCUT2D eigenvalue weighted by atomic mass is 9.94. The van der Waals surface area contributed by atoms with E-state index in [4.69, 9.17) is 10.1 Å². The quantitative estimate of drug-likeness (QED) is 0.450. The molecule has 2 saturated heterocycles. The number of nitrogens with zero attached hydrogens (tertiary/aromatic N) is 2. The Morgan fingerprint density at radius 3 is 2.76 bits per heavy atom. The lowest BCUT2D eigenvalue weighted by Crippen LogP contribution is -2.47. The number of hydrogen-bond donors (Lipinski definition) is 1. The van der Waals surface area contributed by atoms with Crippen LogP contribution < -0.4 is 0 Å². The van der Waals surface area contributed by atoms with E-state index in [1.54, 1.807) is 0 Å². The Kier molecular flexibility index (Phi) is 2.20. The van der Waals surface area contributed by atoms with Crippen LogP contribution in [0.15, 0.2) is 17.1 Å². The van der Waals surface area contributed by atoms with Crippen LogP contribution in [0.25, 0.3) is 0 Å². The number of aliphatic imine (C=N–C) groups is 1. The van der Waals surface area contributed by atoms with Crippen molar-refractivity contribution in [3.05, 3.63) is 12.2 Å². The van der Waals surface area contributed by atoms with E-state index in [1.807, 2.05) is 0 Å². The van der Waals surface area contributed by atoms with Gasteiger partial charge in [-0.15, -0.1) is 0 Å². The summed E-state index contributed by atoms with van der Waals surface area (Å²) in [6, 6.07) is -0.0615. The van der Waals surface area contributed by atoms with Crippen molar-refractivity contribution in [2.75, 3.05) is 13.2 Å². The van der Waals surface area contributed by atoms with Crippen LogP contribution in [0.5, 0.6) is 0 Å². The molecule has 0 amide bonds. The summed E-state index contributed by atoms with van der Waals surface area (Å²) >= 11 is 0. The van der Waals surface area contributed by atoms with Crippen molar-refractivity contribution in [1.29, 1.82) is 5.41 Å². The number of amidine groups is 1. The third-order valence-electron chi connectivity index (χ3n) is 4.61. The van der Waals surface area contributed by atoms with Crippen LogP contribution >= 0.6 is 0 Å². The van der Waals surface area contributed by atoms with Gasteiger partial charge in [0.05, 0.1) is 5.54 Å². The second kappa shape index (κ2) is 3.42. The van der Waals surface area contributed by atoms with Crippen LogP contribution in [0.2, 0.25) is 0 Å². The van der Waals surface area contributed by atoms with Crippen LogP contribution in [0.3, 0.4) is 0 Å². The van der Waals surface area contributed by atoms with Crippen LogP contribution in [0.4, 0.5) is 0 Å². The number of hydrogen-bond acceptors (Lipinski definition) is 3. The molecule has 1 unspecified atom stereocenters. The fourth-order valence-electron chi connectivity index (χ4n) is 3.62. The summed E-state index contributed by atoms with van der Waals surface area (Å²) in [4.78, 5) is 6.10. The van der Waals surface area contributed by atoms with E-state index in [0.29, 0.717) is 12.1 Å². The third kappa shape index (κ3) is 1.54. The van der Waals surface area contributed by atoms with Gasteiger partial charge in [-0.25, -0.2) is 10.4 Å². The van der Waals surface area contributed by atoms with Crippen LogP contribution in [-0.4, -0.2) is 41.9 Å². The first kappa shape index (κ1) is 11.0. The monoisotopic (exact) mass is 233 g/mol. The molecule has 0 aromatic rings. The molecule has 1 aliphatic carbocycles. The van der Waals surface area contributed by atoms with Crippen LogP contribution in [0, 0.1) is 5.41 Å². The molecule has 0 radical (unpaired) electrons. The van der Waals surface area contributed by atoms with Gasteiger partial charge in [-0.1, -0.05) is 12.2 Å². The van der Waals surface area contributed by atoms with Gasteiger partial charge >= 0.3 is 6.02 Å². The van der Waals surface area contributed by atoms with Gasteiger partial charge in [-0.2, -0.15) is 0 Å². The Labute approximate surface area is 102 Å². The minimum absolute atomic E-state index is 0.0615. The van der Waals surface area contributed by atoms with Crippen molar-refractivity contribution in [2.24, 2.45) is 4.99 Å². The first-order chi connectivity index (χ1) is 8.10. The molecule has 3 fully saturated rings. The predicted molar refractivity (Wildman–Crippen MR) is 67.6 cm³/mol. The molecule has 4 nitrogen and oxygen atoms in total. The van der Waals surface area contributed by atoms with Gasteiger partial charge in [0.25, 0.3) is 0 Å². The molecule has 0 aromatic heterocycles. The first-order valence-electron chi connectivity index (χ1n) is 6.23. The van der Waals surface area contributed by atoms with Crippen LogP contribution in [0.1, 0.15) is 32.1 Å². The van der Waals surface area contributed by atoms with Gasteiger partial charge in [0, 0.05) is 12.1 Å². The number of ether oxygens (including phenoxy) is 1. The molecule has 92 valence electrons. The average Bonchev–Trinajstić information content (AvgIpc) is 2.95. The van der Waals surface area contributed by atoms with Crippen LogP contribution in [-0.2, 0) is 4.74 Å². The highest BCUT2D eigenvalue weighted by Gasteiger charge is 2.63. The maximum atomic E-state index is 7.42. The predicted octanol–water partition coefficient (Wildman–Crippen LogP) is 1.97. The highest BCUT2D eigenvalue weighted by Crippen LogP contribution is 2.59. The highest BCUT2D eigenvalue weighted by atomic mass is 16.5. The molecule has 0 bridgehead atoms. The minimum atomic E-state index is -0.0615. The maximum Gasteiger partial charge on any atom is 0.308 e. The SMILES string of the molecule is C=NC(=N)OCC12CCC3(CC3)N1CC(=C)C2. The van der Waals surface area contributed by atoms with Gasteiger partial charge in [0.15, 0.2) is 0 Å². The zero-order chi connectivity index (χ0) is 12.1. The Balaban J connectivity index is 1.77. The second-order valence-corrected chi connectivity index (χ2v) is 5.71. The standard InChI is InChI=1S/C13H19N3O/c1-10-7-13(9-17-11(14)15-2)6-5-12(3-4-12)16(13)8-10/h14H,1-9H2. The lowest BCUT2D eigenvalue weighted by Gasteiger charge is -2.34. The fourth-order valence-corrected chi connectivity index (χ4v) is 3.62. The summed E-state index contributed by atoms with van der Waals surface area (Å²) in [6.45, 7) is 9.02. The van der Waals surface area contributed by atoms with Crippen molar-refractivity contribution in [1.82, 2.24) is 4.90 Å². The van der Waals surface area contributed by atoms with Gasteiger partial charge in [0.2, 0.25) is 0 Å². The molecule has 3 rings (SSSR count). The van der Waals surface area contributed by atoms with E-state index in [2.05, 4.69) is 23.2 Å².